The van der Waals surface area contributed by atoms with Gasteiger partial charge in [-0.3, -0.25) is 0 Å². The predicted octanol–water partition coefficient (Wildman–Crippen LogP) is 5.57. The van der Waals surface area contributed by atoms with Crippen molar-refractivity contribution >= 4 is 11.8 Å². The molecule has 2 aliphatic rings. The number of benzene rings is 1. The van der Waals surface area contributed by atoms with E-state index in [2.05, 4.69) is 36.9 Å². The molecule has 2 saturated heterocycles. The van der Waals surface area contributed by atoms with Gasteiger partial charge in [0.1, 0.15) is 5.60 Å². The van der Waals surface area contributed by atoms with Crippen molar-refractivity contribution in [1.82, 2.24) is 4.90 Å². The van der Waals surface area contributed by atoms with Crippen molar-refractivity contribution < 1.29 is 9.53 Å². The highest BCUT2D eigenvalue weighted by Gasteiger charge is 2.33. The van der Waals surface area contributed by atoms with E-state index >= 15 is 0 Å². The smallest absolute Gasteiger partial charge is 0.410 e. The largest absolute Gasteiger partial charge is 0.444 e. The van der Waals surface area contributed by atoms with Crippen molar-refractivity contribution in [1.29, 1.82) is 0 Å². The predicted molar refractivity (Wildman–Crippen MR) is 116 cm³/mol. The first-order valence-electron chi connectivity index (χ1n) is 11.0. The Morgan fingerprint density at radius 3 is 2.36 bits per heavy atom. The van der Waals surface area contributed by atoms with Crippen LogP contribution >= 0.6 is 0 Å². The summed E-state index contributed by atoms with van der Waals surface area (Å²) in [6.07, 6.45) is 6.86. The molecule has 28 heavy (non-hydrogen) atoms. The molecule has 2 aliphatic heterocycles. The Balaban J connectivity index is 1.58. The number of rotatable bonds is 4. The molecule has 3 rings (SSSR count). The van der Waals surface area contributed by atoms with E-state index in [4.69, 9.17) is 4.74 Å². The Morgan fingerprint density at radius 1 is 1.11 bits per heavy atom. The molecule has 0 bridgehead atoms. The molecule has 0 aliphatic carbocycles. The molecule has 1 amide bonds. The molecule has 0 atom stereocenters. The van der Waals surface area contributed by atoms with Gasteiger partial charge in [-0.15, -0.1) is 0 Å². The molecular weight excluding hydrogens is 348 g/mol. The summed E-state index contributed by atoms with van der Waals surface area (Å²) in [6.45, 7) is 14.4. The van der Waals surface area contributed by atoms with Crippen LogP contribution in [0.1, 0.15) is 70.9 Å². The molecule has 1 aromatic rings. The van der Waals surface area contributed by atoms with Gasteiger partial charge in [0.2, 0.25) is 0 Å². The van der Waals surface area contributed by atoms with Gasteiger partial charge in [-0.05, 0) is 88.8 Å². The van der Waals surface area contributed by atoms with Gasteiger partial charge in [-0.1, -0.05) is 19.1 Å². The minimum atomic E-state index is -0.421. The maximum Gasteiger partial charge on any atom is 0.410 e. The van der Waals surface area contributed by atoms with E-state index < -0.39 is 5.60 Å². The summed E-state index contributed by atoms with van der Waals surface area (Å²) in [5.41, 5.74) is 4.17. The fourth-order valence-electron chi connectivity index (χ4n) is 4.38. The van der Waals surface area contributed by atoms with E-state index in [9.17, 15) is 4.79 Å². The van der Waals surface area contributed by atoms with Crippen molar-refractivity contribution in [2.24, 2.45) is 5.41 Å². The van der Waals surface area contributed by atoms with Gasteiger partial charge < -0.3 is 14.5 Å². The van der Waals surface area contributed by atoms with Crippen LogP contribution in [-0.4, -0.2) is 42.8 Å². The van der Waals surface area contributed by atoms with Crippen LogP contribution in [0.25, 0.3) is 0 Å². The lowest BCUT2D eigenvalue weighted by molar-refractivity contribution is 0.0111. The Kier molecular flexibility index (Phi) is 6.26. The molecule has 0 aromatic heterocycles. The third kappa shape index (κ3) is 5.42. The molecule has 156 valence electrons. The van der Waals surface area contributed by atoms with Gasteiger partial charge in [-0.25, -0.2) is 4.79 Å². The monoisotopic (exact) mass is 386 g/mol. The molecule has 2 heterocycles. The SMILES string of the molecule is Cc1ccc(CCC2(C)CCN(C(=O)OC(C)(C)C)CC2)c(N2CCCC2)c1. The number of anilines is 1. The Hall–Kier alpha value is -1.71. The summed E-state index contributed by atoms with van der Waals surface area (Å²) < 4.78 is 5.54. The number of likely N-dealkylation sites (tertiary alicyclic amines) is 1. The molecule has 2 fully saturated rings. The van der Waals surface area contributed by atoms with Gasteiger partial charge >= 0.3 is 6.09 Å². The van der Waals surface area contributed by atoms with Crippen LogP contribution in [0.5, 0.6) is 0 Å². The third-order valence-electron chi connectivity index (χ3n) is 6.31. The van der Waals surface area contributed by atoms with Crippen LogP contribution in [0.2, 0.25) is 0 Å². The second kappa shape index (κ2) is 8.34. The van der Waals surface area contributed by atoms with Crippen LogP contribution in [0.15, 0.2) is 18.2 Å². The quantitative estimate of drug-likeness (QED) is 0.678. The molecule has 0 saturated carbocycles. The second-order valence-electron chi connectivity index (χ2n) is 10.1. The van der Waals surface area contributed by atoms with E-state index in [0.717, 1.165) is 32.4 Å². The summed E-state index contributed by atoms with van der Waals surface area (Å²) >= 11 is 0. The van der Waals surface area contributed by atoms with E-state index in [1.54, 1.807) is 0 Å². The van der Waals surface area contributed by atoms with Gasteiger partial charge in [-0.2, -0.15) is 0 Å². The summed E-state index contributed by atoms with van der Waals surface area (Å²) in [4.78, 5) is 16.8. The Bertz CT molecular complexity index is 678. The summed E-state index contributed by atoms with van der Waals surface area (Å²) in [5, 5.41) is 0. The topological polar surface area (TPSA) is 32.8 Å². The maximum absolute atomic E-state index is 12.3. The van der Waals surface area contributed by atoms with Crippen molar-refractivity contribution in [3.8, 4) is 0 Å². The van der Waals surface area contributed by atoms with Crippen LogP contribution in [0.3, 0.4) is 0 Å². The number of piperidine rings is 1. The standard InChI is InChI=1S/C24H38N2O2/c1-19-8-9-20(21(18-19)25-14-6-7-15-25)10-11-24(5)12-16-26(17-13-24)22(27)28-23(2,3)4/h8-9,18H,6-7,10-17H2,1-5H3. The first-order valence-corrected chi connectivity index (χ1v) is 11.0. The Labute approximate surface area is 171 Å². The van der Waals surface area contributed by atoms with Crippen molar-refractivity contribution in [3.05, 3.63) is 29.3 Å². The number of ether oxygens (including phenoxy) is 1. The summed E-state index contributed by atoms with van der Waals surface area (Å²) in [6, 6.07) is 6.96. The third-order valence-corrected chi connectivity index (χ3v) is 6.31. The van der Waals surface area contributed by atoms with Crippen molar-refractivity contribution in [3.63, 3.8) is 0 Å². The zero-order valence-corrected chi connectivity index (χ0v) is 18.5. The lowest BCUT2D eigenvalue weighted by atomic mass is 9.76. The molecular formula is C24H38N2O2. The number of carbonyl (C=O) groups is 1. The molecule has 0 radical (unpaired) electrons. The molecule has 0 N–H and O–H groups in total. The number of hydrogen-bond acceptors (Lipinski definition) is 3. The van der Waals surface area contributed by atoms with E-state index in [0.29, 0.717) is 5.41 Å². The zero-order chi connectivity index (χ0) is 20.4. The summed E-state index contributed by atoms with van der Waals surface area (Å²) in [5.74, 6) is 0. The molecule has 4 heteroatoms. The van der Waals surface area contributed by atoms with Crippen LogP contribution < -0.4 is 4.90 Å². The van der Waals surface area contributed by atoms with Crippen molar-refractivity contribution in [2.45, 2.75) is 78.7 Å². The highest BCUT2D eigenvalue weighted by molar-refractivity contribution is 5.68. The van der Waals surface area contributed by atoms with Gasteiger partial charge in [0.15, 0.2) is 0 Å². The van der Waals surface area contributed by atoms with Gasteiger partial charge in [0.25, 0.3) is 0 Å². The zero-order valence-electron chi connectivity index (χ0n) is 18.5. The number of aryl methyl sites for hydroxylation is 2. The first-order chi connectivity index (χ1) is 13.2. The van der Waals surface area contributed by atoms with Crippen LogP contribution in [0.4, 0.5) is 10.5 Å². The van der Waals surface area contributed by atoms with E-state index in [1.807, 2.05) is 25.7 Å². The lowest BCUT2D eigenvalue weighted by Gasteiger charge is -2.40. The second-order valence-corrected chi connectivity index (χ2v) is 10.1. The number of hydrogen-bond donors (Lipinski definition) is 0. The first kappa shape index (κ1) is 21.0. The number of carbonyl (C=O) groups excluding carboxylic acids is 1. The molecule has 4 nitrogen and oxygen atoms in total. The normalized spacial score (nSPS) is 19.8. The minimum Gasteiger partial charge on any atom is -0.444 e. The lowest BCUT2D eigenvalue weighted by Crippen LogP contribution is -2.44. The average molecular weight is 387 g/mol. The highest BCUT2D eigenvalue weighted by atomic mass is 16.6. The van der Waals surface area contributed by atoms with Crippen molar-refractivity contribution in [2.75, 3.05) is 31.1 Å². The van der Waals surface area contributed by atoms with Gasteiger partial charge in [0, 0.05) is 31.9 Å². The van der Waals surface area contributed by atoms with Crippen LogP contribution in [-0.2, 0) is 11.2 Å². The molecule has 0 spiro atoms. The minimum absolute atomic E-state index is 0.163. The number of nitrogens with zero attached hydrogens (tertiary/aromatic N) is 2. The average Bonchev–Trinajstić information content (AvgIpc) is 3.14. The Morgan fingerprint density at radius 2 is 1.75 bits per heavy atom. The number of amides is 1. The van der Waals surface area contributed by atoms with Gasteiger partial charge in [0.05, 0.1) is 0 Å². The molecule has 1 aromatic carbocycles. The van der Waals surface area contributed by atoms with E-state index in [-0.39, 0.29) is 6.09 Å². The maximum atomic E-state index is 12.3. The van der Waals surface area contributed by atoms with Crippen LogP contribution in [0, 0.1) is 12.3 Å². The summed E-state index contributed by atoms with van der Waals surface area (Å²) in [7, 11) is 0. The highest BCUT2D eigenvalue weighted by Crippen LogP contribution is 2.37. The molecule has 0 unspecified atom stereocenters. The fourth-order valence-corrected chi connectivity index (χ4v) is 4.38. The van der Waals surface area contributed by atoms with E-state index in [1.165, 1.54) is 49.2 Å². The fraction of sp³-hybridized carbons (Fsp3) is 0.708.